The lowest BCUT2D eigenvalue weighted by atomic mass is 9.80. The maximum Gasteiger partial charge on any atom is 0.273 e. The molecule has 0 radical (unpaired) electrons. The van der Waals surface area contributed by atoms with E-state index in [0.29, 0.717) is 23.6 Å². The van der Waals surface area contributed by atoms with Crippen LogP contribution in [-0.2, 0) is 22.6 Å². The average Bonchev–Trinajstić information content (AvgIpc) is 3.51. The first-order valence-electron chi connectivity index (χ1n) is 12.5. The second kappa shape index (κ2) is 8.95. The summed E-state index contributed by atoms with van der Waals surface area (Å²) in [6, 6.07) is 12.7. The number of nitrogens with zero attached hydrogens (tertiary/aromatic N) is 4. The van der Waals surface area contributed by atoms with Crippen LogP contribution in [0.5, 0.6) is 0 Å². The third kappa shape index (κ3) is 4.08. The molecule has 10 heteroatoms. The summed E-state index contributed by atoms with van der Waals surface area (Å²) in [6.45, 7) is 2.40. The number of nitrogens with one attached hydrogen (secondary N) is 2. The smallest absolute Gasteiger partial charge is 0.273 e. The molecule has 3 unspecified atom stereocenters. The first-order chi connectivity index (χ1) is 17.9. The van der Waals surface area contributed by atoms with Crippen molar-refractivity contribution >= 4 is 23.6 Å². The number of piperidine rings is 1. The first kappa shape index (κ1) is 23.1. The van der Waals surface area contributed by atoms with Crippen molar-refractivity contribution in [3.63, 3.8) is 0 Å². The van der Waals surface area contributed by atoms with Crippen LogP contribution >= 0.6 is 0 Å². The molecule has 2 N–H and O–H groups in total. The summed E-state index contributed by atoms with van der Waals surface area (Å²) in [5, 5.41) is 13.7. The Morgan fingerprint density at radius 2 is 1.89 bits per heavy atom. The Bertz CT molecular complexity index is 1450. The SMILES string of the molecule is CC1CCc2ccccc2C1NC(=O)c1cn(-c2ccc3c(c2)CN(C2CCC(=O)NC2=O)C3=O)nn1. The highest BCUT2D eigenvalue weighted by Crippen LogP contribution is 2.34. The van der Waals surface area contributed by atoms with Crippen LogP contribution in [0.3, 0.4) is 0 Å². The number of amides is 4. The molecule has 1 fully saturated rings. The minimum Gasteiger partial charge on any atom is -0.344 e. The van der Waals surface area contributed by atoms with Crippen LogP contribution in [0.15, 0.2) is 48.7 Å². The normalized spacial score (nSPS) is 22.9. The van der Waals surface area contributed by atoms with Crippen molar-refractivity contribution in [1.82, 2.24) is 30.5 Å². The minimum atomic E-state index is -0.671. The highest BCUT2D eigenvalue weighted by Gasteiger charge is 2.39. The van der Waals surface area contributed by atoms with Gasteiger partial charge in [0.05, 0.1) is 17.9 Å². The predicted octanol–water partition coefficient (Wildman–Crippen LogP) is 2.08. The zero-order valence-corrected chi connectivity index (χ0v) is 20.3. The van der Waals surface area contributed by atoms with Crippen molar-refractivity contribution in [3.8, 4) is 5.69 Å². The van der Waals surface area contributed by atoms with Gasteiger partial charge < -0.3 is 10.2 Å². The maximum absolute atomic E-state index is 13.1. The zero-order valence-electron chi connectivity index (χ0n) is 20.3. The molecule has 2 aromatic carbocycles. The van der Waals surface area contributed by atoms with Gasteiger partial charge in [-0.3, -0.25) is 24.5 Å². The van der Waals surface area contributed by atoms with E-state index in [1.807, 2.05) is 18.2 Å². The first-order valence-corrected chi connectivity index (χ1v) is 12.5. The maximum atomic E-state index is 13.1. The number of imide groups is 1. The van der Waals surface area contributed by atoms with Crippen LogP contribution in [0.4, 0.5) is 0 Å². The van der Waals surface area contributed by atoms with Gasteiger partial charge in [0.1, 0.15) is 6.04 Å². The molecule has 37 heavy (non-hydrogen) atoms. The third-order valence-electron chi connectivity index (χ3n) is 7.61. The van der Waals surface area contributed by atoms with Gasteiger partial charge in [-0.15, -0.1) is 5.10 Å². The second-order valence-electron chi connectivity index (χ2n) is 9.96. The number of carbonyl (C=O) groups is 4. The van der Waals surface area contributed by atoms with Crippen LogP contribution in [0.2, 0.25) is 0 Å². The predicted molar refractivity (Wildman–Crippen MR) is 132 cm³/mol. The molecule has 6 rings (SSSR count). The van der Waals surface area contributed by atoms with E-state index in [0.717, 1.165) is 24.0 Å². The quantitative estimate of drug-likeness (QED) is 0.531. The Balaban J connectivity index is 1.19. The number of fused-ring (bicyclic) bond motifs is 2. The van der Waals surface area contributed by atoms with E-state index in [9.17, 15) is 19.2 Å². The third-order valence-corrected chi connectivity index (χ3v) is 7.61. The Hall–Kier alpha value is -4.34. The lowest BCUT2D eigenvalue weighted by Crippen LogP contribution is -2.52. The van der Waals surface area contributed by atoms with Gasteiger partial charge in [-0.05, 0) is 60.1 Å². The van der Waals surface area contributed by atoms with Crippen LogP contribution < -0.4 is 10.6 Å². The van der Waals surface area contributed by atoms with Crippen molar-refractivity contribution < 1.29 is 19.2 Å². The van der Waals surface area contributed by atoms with Crippen LogP contribution in [-0.4, -0.2) is 49.6 Å². The molecule has 3 aromatic rings. The summed E-state index contributed by atoms with van der Waals surface area (Å²) in [5.41, 5.74) is 4.52. The van der Waals surface area contributed by atoms with E-state index in [-0.39, 0.29) is 42.4 Å². The van der Waals surface area contributed by atoms with E-state index in [1.165, 1.54) is 15.1 Å². The molecule has 1 aromatic heterocycles. The van der Waals surface area contributed by atoms with Crippen molar-refractivity contribution in [1.29, 1.82) is 0 Å². The molecule has 2 aliphatic heterocycles. The Morgan fingerprint density at radius 1 is 1.05 bits per heavy atom. The number of benzene rings is 2. The Kier molecular flexibility index (Phi) is 5.58. The van der Waals surface area contributed by atoms with Gasteiger partial charge in [0.25, 0.3) is 11.8 Å². The van der Waals surface area contributed by atoms with Crippen molar-refractivity contribution in [2.24, 2.45) is 5.92 Å². The zero-order chi connectivity index (χ0) is 25.7. The lowest BCUT2D eigenvalue weighted by molar-refractivity contribution is -0.136. The molecule has 3 heterocycles. The van der Waals surface area contributed by atoms with Gasteiger partial charge in [-0.2, -0.15) is 0 Å². The summed E-state index contributed by atoms with van der Waals surface area (Å²) in [7, 11) is 0. The number of hydrogen-bond donors (Lipinski definition) is 2. The Labute approximate surface area is 213 Å². The summed E-state index contributed by atoms with van der Waals surface area (Å²) in [6.07, 6.45) is 4.09. The van der Waals surface area contributed by atoms with Crippen LogP contribution in [0.25, 0.3) is 5.69 Å². The number of aromatic nitrogens is 3. The number of hydrogen-bond acceptors (Lipinski definition) is 6. The fourth-order valence-electron chi connectivity index (χ4n) is 5.55. The molecule has 3 aliphatic rings. The van der Waals surface area contributed by atoms with Gasteiger partial charge >= 0.3 is 0 Å². The molecule has 0 bridgehead atoms. The number of carbonyl (C=O) groups excluding carboxylic acids is 4. The molecule has 3 atom stereocenters. The topological polar surface area (TPSA) is 126 Å². The van der Waals surface area contributed by atoms with Gasteiger partial charge in [0.15, 0.2) is 5.69 Å². The fraction of sp³-hybridized carbons (Fsp3) is 0.333. The molecule has 1 saturated heterocycles. The number of rotatable bonds is 4. The monoisotopic (exact) mass is 498 g/mol. The molecule has 1 aliphatic carbocycles. The summed E-state index contributed by atoms with van der Waals surface area (Å²) in [4.78, 5) is 51.3. The average molecular weight is 499 g/mol. The second-order valence-corrected chi connectivity index (χ2v) is 9.96. The summed E-state index contributed by atoms with van der Waals surface area (Å²) < 4.78 is 1.51. The standard InChI is InChI=1S/C27H26N6O4/c1-15-6-7-16-4-2-3-5-19(16)24(15)29-25(35)21-14-33(31-30-21)18-8-9-20-17(12-18)13-32(27(20)37)22-10-11-23(34)28-26(22)36/h2-5,8-9,12,14-15,22,24H,6-7,10-11,13H2,1H3,(H,29,35)(H,28,34,36). The van der Waals surface area contributed by atoms with Crippen LogP contribution in [0.1, 0.15) is 69.8 Å². The molecular formula is C27H26N6O4. The molecule has 188 valence electrons. The Morgan fingerprint density at radius 3 is 2.73 bits per heavy atom. The van der Waals surface area contributed by atoms with Crippen molar-refractivity contribution in [2.75, 3.05) is 0 Å². The van der Waals surface area contributed by atoms with E-state index in [4.69, 9.17) is 0 Å². The molecule has 0 saturated carbocycles. The van der Waals surface area contributed by atoms with E-state index in [2.05, 4.69) is 40.0 Å². The molecule has 10 nitrogen and oxygen atoms in total. The summed E-state index contributed by atoms with van der Waals surface area (Å²) >= 11 is 0. The fourth-order valence-corrected chi connectivity index (χ4v) is 5.55. The highest BCUT2D eigenvalue weighted by atomic mass is 16.2. The molecular weight excluding hydrogens is 472 g/mol. The molecule has 0 spiro atoms. The van der Waals surface area contributed by atoms with Crippen molar-refractivity contribution in [3.05, 3.63) is 76.6 Å². The van der Waals surface area contributed by atoms with E-state index in [1.54, 1.807) is 18.3 Å². The number of aryl methyl sites for hydroxylation is 1. The van der Waals surface area contributed by atoms with Crippen molar-refractivity contribution in [2.45, 2.75) is 51.2 Å². The van der Waals surface area contributed by atoms with Gasteiger partial charge in [0.2, 0.25) is 11.8 Å². The largest absolute Gasteiger partial charge is 0.344 e. The lowest BCUT2D eigenvalue weighted by Gasteiger charge is -2.31. The molecule has 4 amide bonds. The van der Waals surface area contributed by atoms with Gasteiger partial charge in [-0.1, -0.05) is 36.4 Å². The van der Waals surface area contributed by atoms with E-state index < -0.39 is 11.9 Å². The van der Waals surface area contributed by atoms with Crippen LogP contribution in [0, 0.1) is 5.92 Å². The van der Waals surface area contributed by atoms with Gasteiger partial charge in [-0.25, -0.2) is 4.68 Å². The van der Waals surface area contributed by atoms with Gasteiger partial charge in [0, 0.05) is 18.5 Å². The van der Waals surface area contributed by atoms with E-state index >= 15 is 0 Å². The summed E-state index contributed by atoms with van der Waals surface area (Å²) in [5.74, 6) is -0.993. The minimum absolute atomic E-state index is 0.0909. The highest BCUT2D eigenvalue weighted by molar-refractivity contribution is 6.05.